The SMILES string of the molecule is Cc1oc(-c2ccccc2)nc1C[P+](c1ccccc1)(c1ccccc1)c1ccccc1.[Cl-]. The van der Waals surface area contributed by atoms with E-state index in [1.54, 1.807) is 0 Å². The molecule has 4 heteroatoms. The van der Waals surface area contributed by atoms with Crippen LogP contribution in [-0.4, -0.2) is 4.98 Å². The second kappa shape index (κ2) is 10.2. The molecule has 0 saturated carbocycles. The minimum atomic E-state index is -2.00. The van der Waals surface area contributed by atoms with Gasteiger partial charge in [0.25, 0.3) is 0 Å². The van der Waals surface area contributed by atoms with Crippen LogP contribution in [0.1, 0.15) is 11.5 Å². The Morgan fingerprint density at radius 1 is 0.606 bits per heavy atom. The van der Waals surface area contributed by atoms with Crippen molar-refractivity contribution >= 4 is 23.2 Å². The Morgan fingerprint density at radius 2 is 1.00 bits per heavy atom. The van der Waals surface area contributed by atoms with Crippen LogP contribution in [0, 0.1) is 6.92 Å². The summed E-state index contributed by atoms with van der Waals surface area (Å²) in [5.41, 5.74) is 2.03. The fourth-order valence-corrected chi connectivity index (χ4v) is 8.50. The zero-order chi connectivity index (χ0) is 21.8. The molecule has 2 nitrogen and oxygen atoms in total. The molecular formula is C29H25ClNOP. The maximum absolute atomic E-state index is 6.16. The number of oxazole rings is 1. The van der Waals surface area contributed by atoms with Crippen LogP contribution in [0.15, 0.2) is 126 Å². The molecule has 164 valence electrons. The minimum absolute atomic E-state index is 0. The van der Waals surface area contributed by atoms with E-state index in [2.05, 4.69) is 91.0 Å². The van der Waals surface area contributed by atoms with Crippen LogP contribution >= 0.6 is 7.26 Å². The molecule has 0 unspecified atom stereocenters. The maximum atomic E-state index is 6.16. The third kappa shape index (κ3) is 4.50. The molecule has 0 atom stereocenters. The highest BCUT2D eigenvalue weighted by Crippen LogP contribution is 2.58. The first-order valence-corrected chi connectivity index (χ1v) is 12.8. The second-order valence-corrected chi connectivity index (χ2v) is 11.3. The van der Waals surface area contributed by atoms with Crippen LogP contribution < -0.4 is 28.3 Å². The summed E-state index contributed by atoms with van der Waals surface area (Å²) in [6.07, 6.45) is 0.813. The number of hydrogen-bond donors (Lipinski definition) is 0. The molecule has 0 spiro atoms. The van der Waals surface area contributed by atoms with Gasteiger partial charge in [-0.15, -0.1) is 0 Å². The zero-order valence-corrected chi connectivity index (χ0v) is 20.1. The maximum Gasteiger partial charge on any atom is 0.226 e. The highest BCUT2D eigenvalue weighted by atomic mass is 35.5. The minimum Gasteiger partial charge on any atom is -1.00 e. The third-order valence-electron chi connectivity index (χ3n) is 5.89. The lowest BCUT2D eigenvalue weighted by atomic mass is 10.2. The van der Waals surface area contributed by atoms with E-state index in [0.717, 1.165) is 23.2 Å². The van der Waals surface area contributed by atoms with Crippen LogP contribution in [0.3, 0.4) is 0 Å². The number of nitrogens with zero attached hydrogens (tertiary/aromatic N) is 1. The van der Waals surface area contributed by atoms with Gasteiger partial charge in [0, 0.05) is 5.56 Å². The van der Waals surface area contributed by atoms with Crippen molar-refractivity contribution in [1.29, 1.82) is 0 Å². The lowest BCUT2D eigenvalue weighted by Crippen LogP contribution is -3.00. The van der Waals surface area contributed by atoms with Gasteiger partial charge in [0.15, 0.2) is 0 Å². The van der Waals surface area contributed by atoms with Gasteiger partial charge in [-0.05, 0) is 55.5 Å². The fraction of sp³-hybridized carbons (Fsp3) is 0.0690. The molecule has 4 aromatic carbocycles. The molecule has 0 radical (unpaired) electrons. The quantitative estimate of drug-likeness (QED) is 0.357. The second-order valence-electron chi connectivity index (χ2n) is 7.86. The summed E-state index contributed by atoms with van der Waals surface area (Å²) in [7, 11) is -2.00. The number of hydrogen-bond acceptors (Lipinski definition) is 2. The molecule has 0 bridgehead atoms. The van der Waals surface area contributed by atoms with Crippen molar-refractivity contribution in [1.82, 2.24) is 4.98 Å². The van der Waals surface area contributed by atoms with Crippen molar-refractivity contribution in [2.75, 3.05) is 0 Å². The van der Waals surface area contributed by atoms with Crippen molar-refractivity contribution in [2.45, 2.75) is 13.1 Å². The summed E-state index contributed by atoms with van der Waals surface area (Å²) in [6.45, 7) is 2.03. The Kier molecular flexibility index (Phi) is 7.08. The summed E-state index contributed by atoms with van der Waals surface area (Å²) >= 11 is 0. The number of aryl methyl sites for hydroxylation is 1. The van der Waals surface area contributed by atoms with Gasteiger partial charge in [-0.1, -0.05) is 72.8 Å². The lowest BCUT2D eigenvalue weighted by Gasteiger charge is -2.27. The lowest BCUT2D eigenvalue weighted by molar-refractivity contribution is -0.00000696. The van der Waals surface area contributed by atoms with E-state index in [4.69, 9.17) is 9.40 Å². The molecule has 5 aromatic rings. The highest BCUT2D eigenvalue weighted by Gasteiger charge is 2.46. The Morgan fingerprint density at radius 3 is 1.42 bits per heavy atom. The van der Waals surface area contributed by atoms with Crippen molar-refractivity contribution in [3.05, 3.63) is 133 Å². The van der Waals surface area contributed by atoms with Gasteiger partial charge < -0.3 is 16.8 Å². The van der Waals surface area contributed by atoms with Crippen LogP contribution in [-0.2, 0) is 6.16 Å². The van der Waals surface area contributed by atoms with E-state index in [1.165, 1.54) is 15.9 Å². The summed E-state index contributed by atoms with van der Waals surface area (Å²) < 4.78 is 6.16. The van der Waals surface area contributed by atoms with Gasteiger partial charge in [-0.2, -0.15) is 0 Å². The standard InChI is InChI=1S/C29H25NOP.ClH/c1-23-28(30-29(31-23)24-14-6-2-7-15-24)22-32(25-16-8-3-9-17-25,26-18-10-4-11-19-26)27-20-12-5-13-21-27;/h2-21H,22H2,1H3;1H/q+1;/p-1. The monoisotopic (exact) mass is 469 g/mol. The van der Waals surface area contributed by atoms with Gasteiger partial charge in [-0.25, -0.2) is 4.98 Å². The number of benzene rings is 4. The van der Waals surface area contributed by atoms with Crippen molar-refractivity contribution in [2.24, 2.45) is 0 Å². The van der Waals surface area contributed by atoms with Crippen LogP contribution in [0.2, 0.25) is 0 Å². The van der Waals surface area contributed by atoms with E-state index in [-0.39, 0.29) is 12.4 Å². The van der Waals surface area contributed by atoms with Gasteiger partial charge >= 0.3 is 0 Å². The Hall–Kier alpha value is -3.19. The largest absolute Gasteiger partial charge is 1.00 e. The van der Waals surface area contributed by atoms with Crippen LogP contribution in [0.4, 0.5) is 0 Å². The molecule has 0 aliphatic carbocycles. The van der Waals surface area contributed by atoms with Crippen molar-refractivity contribution in [3.8, 4) is 11.5 Å². The summed E-state index contributed by atoms with van der Waals surface area (Å²) in [5, 5.41) is 4.04. The number of rotatable bonds is 6. The number of aromatic nitrogens is 1. The average molecular weight is 470 g/mol. The summed E-state index contributed by atoms with van der Waals surface area (Å²) in [4.78, 5) is 5.00. The predicted molar refractivity (Wildman–Crippen MR) is 136 cm³/mol. The highest BCUT2D eigenvalue weighted by molar-refractivity contribution is 7.95. The van der Waals surface area contributed by atoms with E-state index < -0.39 is 7.26 Å². The van der Waals surface area contributed by atoms with E-state index in [0.29, 0.717) is 5.89 Å². The van der Waals surface area contributed by atoms with E-state index in [9.17, 15) is 0 Å². The Bertz CT molecular complexity index is 1190. The van der Waals surface area contributed by atoms with Crippen LogP contribution in [0.5, 0.6) is 0 Å². The van der Waals surface area contributed by atoms with Gasteiger partial charge in [0.2, 0.25) is 5.89 Å². The normalized spacial score (nSPS) is 11.1. The predicted octanol–water partition coefficient (Wildman–Crippen LogP) is 3.15. The third-order valence-corrected chi connectivity index (χ3v) is 10.2. The number of halogens is 1. The molecule has 0 amide bonds. The van der Waals surface area contributed by atoms with Crippen molar-refractivity contribution < 1.29 is 16.8 Å². The first kappa shape index (κ1) is 23.0. The molecule has 1 heterocycles. The van der Waals surface area contributed by atoms with E-state index >= 15 is 0 Å². The first-order valence-electron chi connectivity index (χ1n) is 10.8. The van der Waals surface area contributed by atoms with Crippen molar-refractivity contribution in [3.63, 3.8) is 0 Å². The average Bonchev–Trinajstić information content (AvgIpc) is 3.24. The topological polar surface area (TPSA) is 26.0 Å². The molecule has 0 saturated heterocycles. The van der Waals surface area contributed by atoms with Gasteiger partial charge in [0.1, 0.15) is 40.8 Å². The fourth-order valence-electron chi connectivity index (χ4n) is 4.27. The Labute approximate surface area is 202 Å². The molecule has 5 rings (SSSR count). The molecule has 33 heavy (non-hydrogen) atoms. The molecule has 0 N–H and O–H groups in total. The molecular weight excluding hydrogens is 445 g/mol. The van der Waals surface area contributed by atoms with Gasteiger partial charge in [-0.3, -0.25) is 0 Å². The Balaban J connectivity index is 0.00000259. The molecule has 0 aliphatic heterocycles. The molecule has 0 fully saturated rings. The summed E-state index contributed by atoms with van der Waals surface area (Å²) in [5.74, 6) is 1.57. The molecule has 0 aliphatic rings. The first-order chi connectivity index (χ1) is 15.8. The zero-order valence-electron chi connectivity index (χ0n) is 18.4. The smallest absolute Gasteiger partial charge is 0.226 e. The van der Waals surface area contributed by atoms with Gasteiger partial charge in [0.05, 0.1) is 0 Å². The molecule has 1 aromatic heterocycles. The van der Waals surface area contributed by atoms with Crippen LogP contribution in [0.25, 0.3) is 11.5 Å². The summed E-state index contributed by atoms with van der Waals surface area (Å²) in [6, 6.07) is 42.8. The van der Waals surface area contributed by atoms with E-state index in [1.807, 2.05) is 37.3 Å².